The number of piperidine rings is 1. The average Bonchev–Trinajstić information content (AvgIpc) is 3.22. The number of carbonyl (C=O) groups is 3. The van der Waals surface area contributed by atoms with Gasteiger partial charge in [0.05, 0.1) is 5.75 Å². The Hall–Kier alpha value is -1.95. The van der Waals surface area contributed by atoms with Gasteiger partial charge < -0.3 is 9.80 Å². The molecule has 3 aliphatic heterocycles. The first-order valence-electron chi connectivity index (χ1n) is 13.4. The quantitative estimate of drug-likeness (QED) is 0.242. The number of fused-ring (bicyclic) bond motifs is 1. The molecule has 204 valence electrons. The van der Waals surface area contributed by atoms with Crippen LogP contribution in [-0.2, 0) is 26.2 Å². The Kier molecular flexibility index (Phi) is 9.66. The van der Waals surface area contributed by atoms with Crippen LogP contribution in [0.4, 0.5) is 0 Å². The summed E-state index contributed by atoms with van der Waals surface area (Å²) in [5.41, 5.74) is 1.66. The van der Waals surface area contributed by atoms with Gasteiger partial charge in [0.25, 0.3) is 5.91 Å². The second-order valence-electron chi connectivity index (χ2n) is 9.94. The minimum absolute atomic E-state index is 0.125. The molecule has 1 N–H and O–H groups in total. The highest BCUT2D eigenvalue weighted by molar-refractivity contribution is 7.99. The fourth-order valence-corrected chi connectivity index (χ4v) is 7.43. The van der Waals surface area contributed by atoms with Crippen molar-refractivity contribution in [2.24, 2.45) is 0 Å². The highest BCUT2D eigenvalue weighted by Gasteiger charge is 2.39. The minimum atomic E-state index is -3.06. The van der Waals surface area contributed by atoms with Crippen molar-refractivity contribution < 1.29 is 22.8 Å². The van der Waals surface area contributed by atoms with Crippen molar-refractivity contribution in [3.05, 3.63) is 29.3 Å². The number of hydrogen-bond donors (Lipinski definition) is 1. The minimum Gasteiger partial charge on any atom is -0.322 e. The van der Waals surface area contributed by atoms with E-state index in [4.69, 9.17) is 0 Å². The van der Waals surface area contributed by atoms with Gasteiger partial charge in [-0.2, -0.15) is 4.31 Å². The molecule has 1 aromatic rings. The average molecular weight is 551 g/mol. The van der Waals surface area contributed by atoms with Crippen LogP contribution in [0.2, 0.25) is 0 Å². The maximum absolute atomic E-state index is 13.0. The highest BCUT2D eigenvalue weighted by atomic mass is 32.2. The predicted octanol–water partition coefficient (Wildman–Crippen LogP) is 2.46. The van der Waals surface area contributed by atoms with Crippen LogP contribution in [0.1, 0.15) is 67.8 Å². The van der Waals surface area contributed by atoms with Gasteiger partial charge in [-0.25, -0.2) is 8.42 Å². The van der Waals surface area contributed by atoms with Crippen LogP contribution in [0.25, 0.3) is 0 Å². The zero-order valence-electron chi connectivity index (χ0n) is 21.6. The first kappa shape index (κ1) is 28.1. The molecule has 0 spiro atoms. The Labute approximate surface area is 224 Å². The van der Waals surface area contributed by atoms with E-state index in [1.165, 1.54) is 12.8 Å². The zero-order valence-corrected chi connectivity index (χ0v) is 23.2. The molecule has 2 fully saturated rings. The van der Waals surface area contributed by atoms with Gasteiger partial charge in [-0.15, -0.1) is 11.8 Å². The largest absolute Gasteiger partial charge is 0.322 e. The Balaban J connectivity index is 1.13. The SMILES string of the molecule is CCS(=O)(=O)N1CCN(CCCCCCCSc2cccc3c2CN(C2CCC(=O)NC2=O)C3=O)CC1. The smallest absolute Gasteiger partial charge is 0.255 e. The molecule has 1 unspecified atom stereocenters. The van der Waals surface area contributed by atoms with Crippen molar-refractivity contribution in [1.82, 2.24) is 19.4 Å². The van der Waals surface area contributed by atoms with E-state index in [-0.39, 0.29) is 29.9 Å². The van der Waals surface area contributed by atoms with E-state index >= 15 is 0 Å². The van der Waals surface area contributed by atoms with Crippen LogP contribution in [0.15, 0.2) is 23.1 Å². The molecule has 3 aliphatic rings. The van der Waals surface area contributed by atoms with Gasteiger partial charge in [0, 0.05) is 49.6 Å². The standard InChI is InChI=1S/C26H38N4O5S2/c1-2-37(34,35)29-16-14-28(15-17-29)13-6-4-3-5-7-18-36-23-10-8-9-20-21(23)19-30(26(20)33)22-11-12-24(31)27-25(22)32/h8-10,22H,2-7,11-19H2,1H3,(H,27,31,32). The fourth-order valence-electron chi connectivity index (χ4n) is 5.26. The van der Waals surface area contributed by atoms with E-state index in [0.29, 0.717) is 31.6 Å². The summed E-state index contributed by atoms with van der Waals surface area (Å²) in [7, 11) is -3.06. The Morgan fingerprint density at radius 2 is 1.73 bits per heavy atom. The number of carbonyl (C=O) groups excluding carboxylic acids is 3. The normalized spacial score (nSPS) is 21.4. The van der Waals surface area contributed by atoms with Gasteiger partial charge in [-0.05, 0) is 56.2 Å². The Morgan fingerprint density at radius 1 is 1.00 bits per heavy atom. The van der Waals surface area contributed by atoms with E-state index in [9.17, 15) is 22.8 Å². The van der Waals surface area contributed by atoms with Crippen LogP contribution >= 0.6 is 11.8 Å². The summed E-state index contributed by atoms with van der Waals surface area (Å²) in [6.45, 7) is 6.00. The molecule has 37 heavy (non-hydrogen) atoms. The van der Waals surface area contributed by atoms with Gasteiger partial charge in [-0.1, -0.05) is 25.3 Å². The van der Waals surface area contributed by atoms with Crippen molar-refractivity contribution in [2.45, 2.75) is 69.4 Å². The van der Waals surface area contributed by atoms with Crippen molar-refractivity contribution in [3.63, 3.8) is 0 Å². The molecule has 3 amide bonds. The lowest BCUT2D eigenvalue weighted by atomic mass is 10.0. The molecule has 9 nitrogen and oxygen atoms in total. The molecule has 0 radical (unpaired) electrons. The van der Waals surface area contributed by atoms with Gasteiger partial charge in [0.2, 0.25) is 21.8 Å². The van der Waals surface area contributed by atoms with Crippen LogP contribution in [0.3, 0.4) is 0 Å². The molecule has 2 saturated heterocycles. The molecule has 3 heterocycles. The maximum atomic E-state index is 13.0. The zero-order chi connectivity index (χ0) is 26.4. The summed E-state index contributed by atoms with van der Waals surface area (Å²) in [6.07, 6.45) is 6.40. The summed E-state index contributed by atoms with van der Waals surface area (Å²) < 4.78 is 25.6. The first-order valence-corrected chi connectivity index (χ1v) is 16.0. The molecule has 0 saturated carbocycles. The molecule has 0 aliphatic carbocycles. The molecule has 1 atom stereocenters. The number of nitrogens with zero attached hydrogens (tertiary/aromatic N) is 3. The summed E-state index contributed by atoms with van der Waals surface area (Å²) in [4.78, 5) is 41.8. The number of sulfonamides is 1. The van der Waals surface area contributed by atoms with Gasteiger partial charge >= 0.3 is 0 Å². The number of hydrogen-bond acceptors (Lipinski definition) is 7. The van der Waals surface area contributed by atoms with Crippen molar-refractivity contribution in [3.8, 4) is 0 Å². The Morgan fingerprint density at radius 3 is 2.46 bits per heavy atom. The monoisotopic (exact) mass is 550 g/mol. The summed E-state index contributed by atoms with van der Waals surface area (Å²) in [5.74, 6) is 0.386. The molecule has 11 heteroatoms. The fraction of sp³-hybridized carbons (Fsp3) is 0.654. The summed E-state index contributed by atoms with van der Waals surface area (Å²) in [6, 6.07) is 5.21. The van der Waals surface area contributed by atoms with Gasteiger partial charge in [0.15, 0.2) is 0 Å². The summed E-state index contributed by atoms with van der Waals surface area (Å²) in [5, 5.41) is 2.36. The van der Waals surface area contributed by atoms with E-state index in [2.05, 4.69) is 16.3 Å². The topological polar surface area (TPSA) is 107 Å². The maximum Gasteiger partial charge on any atom is 0.255 e. The first-order chi connectivity index (χ1) is 17.8. The van der Waals surface area contributed by atoms with Crippen molar-refractivity contribution in [2.75, 3.05) is 44.2 Å². The van der Waals surface area contributed by atoms with Gasteiger partial charge in [0.1, 0.15) is 6.04 Å². The van der Waals surface area contributed by atoms with Crippen LogP contribution in [-0.4, -0.2) is 90.5 Å². The number of amides is 3. The molecule has 4 rings (SSSR count). The third kappa shape index (κ3) is 6.93. The number of unbranched alkanes of at least 4 members (excludes halogenated alkanes) is 4. The summed E-state index contributed by atoms with van der Waals surface area (Å²) >= 11 is 1.77. The van der Waals surface area contributed by atoms with E-state index in [1.807, 2.05) is 12.1 Å². The van der Waals surface area contributed by atoms with E-state index < -0.39 is 16.1 Å². The lowest BCUT2D eigenvalue weighted by molar-refractivity contribution is -0.136. The molecular formula is C26H38N4O5S2. The molecule has 1 aromatic carbocycles. The third-order valence-corrected chi connectivity index (χ3v) is 10.6. The number of piperazine rings is 1. The third-order valence-electron chi connectivity index (χ3n) is 7.50. The van der Waals surface area contributed by atoms with E-state index in [0.717, 1.165) is 55.1 Å². The van der Waals surface area contributed by atoms with Crippen molar-refractivity contribution >= 4 is 39.5 Å². The van der Waals surface area contributed by atoms with Crippen LogP contribution in [0.5, 0.6) is 0 Å². The lowest BCUT2D eigenvalue weighted by Gasteiger charge is -2.33. The predicted molar refractivity (Wildman–Crippen MR) is 144 cm³/mol. The van der Waals surface area contributed by atoms with E-state index in [1.54, 1.807) is 27.9 Å². The number of thioether (sulfide) groups is 1. The second-order valence-corrected chi connectivity index (χ2v) is 13.3. The molecule has 0 aromatic heterocycles. The molecule has 0 bridgehead atoms. The lowest BCUT2D eigenvalue weighted by Crippen LogP contribution is -2.52. The number of imide groups is 1. The number of rotatable bonds is 12. The van der Waals surface area contributed by atoms with Crippen molar-refractivity contribution in [1.29, 1.82) is 0 Å². The highest BCUT2D eigenvalue weighted by Crippen LogP contribution is 2.34. The van der Waals surface area contributed by atoms with Crippen LogP contribution in [0, 0.1) is 0 Å². The number of nitrogens with one attached hydrogen (secondary N) is 1. The molecular weight excluding hydrogens is 512 g/mol. The Bertz CT molecular complexity index is 1100. The van der Waals surface area contributed by atoms with Crippen LogP contribution < -0.4 is 5.32 Å². The van der Waals surface area contributed by atoms with Gasteiger partial charge in [-0.3, -0.25) is 19.7 Å². The number of benzene rings is 1. The second kappa shape index (κ2) is 12.7.